The van der Waals surface area contributed by atoms with Gasteiger partial charge in [0, 0.05) is 64.1 Å². The first-order chi connectivity index (χ1) is 15.7. The van der Waals surface area contributed by atoms with Gasteiger partial charge in [0.1, 0.15) is 0 Å². The van der Waals surface area contributed by atoms with Gasteiger partial charge in [0.2, 0.25) is 10.0 Å². The molecule has 1 aromatic carbocycles. The minimum atomic E-state index is -3.69. The topological polar surface area (TPSA) is 95.0 Å². The SMILES string of the molecule is CCN1CCN(c2ccc(S(=O)(=O)N(CC)CC)cc2NC(=O)c2ccn(C)c(=O)c2)CC1. The number of nitrogens with one attached hydrogen (secondary N) is 1. The van der Waals surface area contributed by atoms with Gasteiger partial charge < -0.3 is 19.7 Å². The summed E-state index contributed by atoms with van der Waals surface area (Å²) >= 11 is 0. The Morgan fingerprint density at radius 2 is 1.70 bits per heavy atom. The maximum absolute atomic E-state index is 13.1. The Morgan fingerprint density at radius 1 is 1.03 bits per heavy atom. The van der Waals surface area contributed by atoms with Gasteiger partial charge in [-0.05, 0) is 30.8 Å². The molecule has 0 atom stereocenters. The number of likely N-dealkylation sites (N-methyl/N-ethyl adjacent to an activating group) is 1. The van der Waals surface area contributed by atoms with Gasteiger partial charge in [-0.3, -0.25) is 9.59 Å². The van der Waals surface area contributed by atoms with E-state index in [1.165, 1.54) is 27.2 Å². The molecule has 0 saturated carbocycles. The van der Waals surface area contributed by atoms with Crippen molar-refractivity contribution in [2.75, 3.05) is 56.0 Å². The Morgan fingerprint density at radius 3 is 2.27 bits per heavy atom. The fourth-order valence-electron chi connectivity index (χ4n) is 3.95. The second kappa shape index (κ2) is 10.5. The molecule has 10 heteroatoms. The Hall–Kier alpha value is -2.69. The molecule has 9 nitrogen and oxygen atoms in total. The summed E-state index contributed by atoms with van der Waals surface area (Å²) in [7, 11) is -2.08. The summed E-state index contributed by atoms with van der Waals surface area (Å²) in [5.74, 6) is -0.460. The lowest BCUT2D eigenvalue weighted by Gasteiger charge is -2.36. The van der Waals surface area contributed by atoms with Crippen LogP contribution in [0.15, 0.2) is 46.2 Å². The molecule has 3 rings (SSSR count). The molecule has 0 unspecified atom stereocenters. The minimum Gasteiger partial charge on any atom is -0.367 e. The zero-order valence-corrected chi connectivity index (χ0v) is 20.6. The maximum Gasteiger partial charge on any atom is 0.255 e. The molecule has 2 aromatic rings. The van der Waals surface area contributed by atoms with Gasteiger partial charge in [0.25, 0.3) is 11.5 Å². The molecule has 1 aliphatic rings. The lowest BCUT2D eigenvalue weighted by Crippen LogP contribution is -2.46. The van der Waals surface area contributed by atoms with Gasteiger partial charge in [-0.15, -0.1) is 0 Å². The molecule has 0 aliphatic carbocycles. The average Bonchev–Trinajstić information content (AvgIpc) is 2.81. The zero-order valence-electron chi connectivity index (χ0n) is 19.7. The fourth-order valence-corrected chi connectivity index (χ4v) is 5.44. The fraction of sp³-hybridized carbons (Fsp3) is 0.478. The zero-order chi connectivity index (χ0) is 24.2. The number of hydrogen-bond acceptors (Lipinski definition) is 6. The number of amides is 1. The molecule has 2 heterocycles. The van der Waals surface area contributed by atoms with Crippen LogP contribution >= 0.6 is 0 Å². The number of nitrogens with zero attached hydrogens (tertiary/aromatic N) is 4. The van der Waals surface area contributed by atoms with E-state index < -0.39 is 15.9 Å². The third-order valence-electron chi connectivity index (χ3n) is 6.09. The van der Waals surface area contributed by atoms with Crippen molar-refractivity contribution in [2.24, 2.45) is 7.05 Å². The van der Waals surface area contributed by atoms with Crippen LogP contribution in [0.4, 0.5) is 11.4 Å². The highest BCUT2D eigenvalue weighted by Gasteiger charge is 2.25. The van der Waals surface area contributed by atoms with E-state index in [2.05, 4.69) is 22.0 Å². The van der Waals surface area contributed by atoms with Crippen LogP contribution in [0.3, 0.4) is 0 Å². The standard InChI is InChI=1S/C23H33N5O4S/c1-5-26-12-14-27(15-13-26)21-9-8-19(33(31,32)28(6-2)7-3)17-20(21)24-23(30)18-10-11-25(4)22(29)16-18/h8-11,16-17H,5-7,12-15H2,1-4H3,(H,24,30). The third-order valence-corrected chi connectivity index (χ3v) is 8.13. The van der Waals surface area contributed by atoms with Crippen molar-refractivity contribution in [2.45, 2.75) is 25.7 Å². The van der Waals surface area contributed by atoms with Crippen molar-refractivity contribution in [1.82, 2.24) is 13.8 Å². The highest BCUT2D eigenvalue weighted by Crippen LogP contribution is 2.31. The normalized spacial score (nSPS) is 15.1. The number of pyridine rings is 1. The van der Waals surface area contributed by atoms with Crippen LogP contribution in [0.5, 0.6) is 0 Å². The Kier molecular flexibility index (Phi) is 7.93. The number of piperazine rings is 1. The smallest absolute Gasteiger partial charge is 0.255 e. The number of hydrogen-bond donors (Lipinski definition) is 1. The number of anilines is 2. The first-order valence-electron chi connectivity index (χ1n) is 11.3. The van der Waals surface area contributed by atoms with Crippen LogP contribution in [-0.4, -0.2) is 73.9 Å². The van der Waals surface area contributed by atoms with Gasteiger partial charge >= 0.3 is 0 Å². The summed E-state index contributed by atoms with van der Waals surface area (Å²) in [4.78, 5) is 29.6. The molecule has 0 spiro atoms. The monoisotopic (exact) mass is 475 g/mol. The van der Waals surface area contributed by atoms with Crippen LogP contribution in [0, 0.1) is 0 Å². The maximum atomic E-state index is 13.1. The summed E-state index contributed by atoms with van der Waals surface area (Å²) in [6, 6.07) is 7.72. The molecular weight excluding hydrogens is 442 g/mol. The van der Waals surface area contributed by atoms with Crippen molar-refractivity contribution in [3.8, 4) is 0 Å². The van der Waals surface area contributed by atoms with Crippen LogP contribution in [0.1, 0.15) is 31.1 Å². The number of rotatable bonds is 8. The molecule has 180 valence electrons. The lowest BCUT2D eigenvalue weighted by atomic mass is 10.2. The van der Waals surface area contributed by atoms with Gasteiger partial charge in [0.05, 0.1) is 16.3 Å². The van der Waals surface area contributed by atoms with Gasteiger partial charge in [-0.1, -0.05) is 20.8 Å². The highest BCUT2D eigenvalue weighted by molar-refractivity contribution is 7.89. The van der Waals surface area contributed by atoms with Crippen LogP contribution in [0.2, 0.25) is 0 Å². The predicted octanol–water partition coefficient (Wildman–Crippen LogP) is 1.81. The number of carbonyl (C=O) groups is 1. The van der Waals surface area contributed by atoms with Crippen LogP contribution in [0.25, 0.3) is 0 Å². The summed E-state index contributed by atoms with van der Waals surface area (Å²) in [6.45, 7) is 10.7. The molecule has 0 radical (unpaired) electrons. The summed E-state index contributed by atoms with van der Waals surface area (Å²) in [6.07, 6.45) is 1.53. The van der Waals surface area contributed by atoms with Crippen LogP contribution < -0.4 is 15.8 Å². The van der Waals surface area contributed by atoms with E-state index in [4.69, 9.17) is 0 Å². The Bertz CT molecular complexity index is 1150. The lowest BCUT2D eigenvalue weighted by molar-refractivity contribution is 0.102. The molecule has 1 fully saturated rings. The minimum absolute atomic E-state index is 0.126. The number of aryl methyl sites for hydroxylation is 1. The van der Waals surface area contributed by atoms with E-state index in [0.29, 0.717) is 18.8 Å². The van der Waals surface area contributed by atoms with Crippen molar-refractivity contribution >= 4 is 27.3 Å². The molecule has 0 bridgehead atoms. The second-order valence-electron chi connectivity index (χ2n) is 8.01. The first kappa shape index (κ1) is 24.9. The van der Waals surface area contributed by atoms with Crippen molar-refractivity contribution in [3.05, 3.63) is 52.4 Å². The summed E-state index contributed by atoms with van der Waals surface area (Å²) in [5.41, 5.74) is 1.11. The molecule has 1 aliphatic heterocycles. The van der Waals surface area contributed by atoms with Crippen molar-refractivity contribution in [3.63, 3.8) is 0 Å². The van der Waals surface area contributed by atoms with Crippen molar-refractivity contribution in [1.29, 1.82) is 0 Å². The van der Waals surface area contributed by atoms with Gasteiger partial charge in [-0.25, -0.2) is 8.42 Å². The second-order valence-corrected chi connectivity index (χ2v) is 9.95. The van der Waals surface area contributed by atoms with Crippen molar-refractivity contribution < 1.29 is 13.2 Å². The largest absolute Gasteiger partial charge is 0.367 e. The predicted molar refractivity (Wildman–Crippen MR) is 131 cm³/mol. The molecule has 33 heavy (non-hydrogen) atoms. The molecular formula is C23H33N5O4S. The van der Waals surface area contributed by atoms with E-state index in [-0.39, 0.29) is 16.0 Å². The number of sulfonamides is 1. The molecule has 1 amide bonds. The molecule has 1 saturated heterocycles. The quantitative estimate of drug-likeness (QED) is 0.626. The number of carbonyl (C=O) groups excluding carboxylic acids is 1. The number of benzene rings is 1. The van der Waals surface area contributed by atoms with E-state index in [0.717, 1.165) is 38.4 Å². The summed E-state index contributed by atoms with van der Waals surface area (Å²) < 4.78 is 29.0. The van der Waals surface area contributed by atoms with E-state index in [1.807, 2.05) is 0 Å². The van der Waals surface area contributed by atoms with Crippen LogP contribution in [-0.2, 0) is 17.1 Å². The molecule has 1 N–H and O–H groups in total. The Balaban J connectivity index is 2.00. The van der Waals surface area contributed by atoms with Gasteiger partial charge in [-0.2, -0.15) is 4.31 Å². The summed E-state index contributed by atoms with van der Waals surface area (Å²) in [5, 5.41) is 2.86. The highest BCUT2D eigenvalue weighted by atomic mass is 32.2. The van der Waals surface area contributed by atoms with Gasteiger partial charge in [0.15, 0.2) is 0 Å². The van der Waals surface area contributed by atoms with E-state index in [1.54, 1.807) is 39.1 Å². The Labute approximate surface area is 195 Å². The van der Waals surface area contributed by atoms with E-state index >= 15 is 0 Å². The number of aromatic nitrogens is 1. The third kappa shape index (κ3) is 5.45. The van der Waals surface area contributed by atoms with E-state index in [9.17, 15) is 18.0 Å². The first-order valence-corrected chi connectivity index (χ1v) is 12.7. The average molecular weight is 476 g/mol. The molecule has 1 aromatic heterocycles.